The first kappa shape index (κ1) is 16.0. The lowest BCUT2D eigenvalue weighted by atomic mass is 10.1. The highest BCUT2D eigenvalue weighted by Crippen LogP contribution is 2.30. The van der Waals surface area contributed by atoms with Crippen LogP contribution in [0.2, 0.25) is 0 Å². The van der Waals surface area contributed by atoms with Crippen LogP contribution in [0.15, 0.2) is 22.2 Å². The number of alkyl halides is 3. The molecule has 0 bridgehead atoms. The number of H-pyrrole nitrogens is 1. The van der Waals surface area contributed by atoms with Gasteiger partial charge in [0, 0.05) is 11.9 Å². The number of pyridine rings is 1. The molecule has 1 N–H and O–H groups in total. The van der Waals surface area contributed by atoms with Gasteiger partial charge in [-0.05, 0) is 24.1 Å². The second-order valence-electron chi connectivity index (χ2n) is 5.07. The summed E-state index contributed by atoms with van der Waals surface area (Å²) in [6.07, 6.45) is -3.25. The van der Waals surface area contributed by atoms with Gasteiger partial charge < -0.3 is 9.72 Å². The predicted octanol–water partition coefficient (Wildman–Crippen LogP) is 2.81. The molecule has 23 heavy (non-hydrogen) atoms. The molecule has 0 unspecified atom stereocenters. The highest BCUT2D eigenvalue weighted by molar-refractivity contribution is 7.98. The molecule has 0 atom stereocenters. The van der Waals surface area contributed by atoms with Gasteiger partial charge in [-0.25, -0.2) is 4.98 Å². The average Bonchev–Trinajstić information content (AvgIpc) is 2.94. The lowest BCUT2D eigenvalue weighted by Crippen LogP contribution is -2.15. The summed E-state index contributed by atoms with van der Waals surface area (Å²) >= 11 is 1.24. The minimum atomic E-state index is -4.46. The second kappa shape index (κ2) is 5.97. The smallest absolute Gasteiger partial charge is 0.370 e. The number of halogens is 3. The van der Waals surface area contributed by atoms with Crippen molar-refractivity contribution in [1.82, 2.24) is 15.0 Å². The van der Waals surface area contributed by atoms with Crippen LogP contribution in [0.1, 0.15) is 28.1 Å². The Bertz CT molecular complexity index is 805. The Hall–Kier alpha value is -1.87. The zero-order valence-corrected chi connectivity index (χ0v) is 12.8. The second-order valence-corrected chi connectivity index (χ2v) is 6.04. The van der Waals surface area contributed by atoms with Gasteiger partial charge in [0.2, 0.25) is 0 Å². The van der Waals surface area contributed by atoms with Crippen LogP contribution in [0.5, 0.6) is 0 Å². The van der Waals surface area contributed by atoms with Crippen molar-refractivity contribution >= 4 is 11.8 Å². The third-order valence-electron chi connectivity index (χ3n) is 3.44. The molecular weight excluding hydrogens is 331 g/mol. The molecule has 0 fully saturated rings. The van der Waals surface area contributed by atoms with Gasteiger partial charge >= 0.3 is 6.18 Å². The molecule has 0 aliphatic carbocycles. The van der Waals surface area contributed by atoms with E-state index >= 15 is 0 Å². The maximum atomic E-state index is 12.6. The fourth-order valence-electron chi connectivity index (χ4n) is 2.14. The van der Waals surface area contributed by atoms with E-state index in [4.69, 9.17) is 4.74 Å². The van der Waals surface area contributed by atoms with E-state index in [1.165, 1.54) is 18.0 Å². The molecule has 0 aromatic carbocycles. The number of nitrogens with zero attached hydrogens (tertiary/aromatic N) is 2. The van der Waals surface area contributed by atoms with Crippen LogP contribution in [0, 0.1) is 6.92 Å². The van der Waals surface area contributed by atoms with Crippen molar-refractivity contribution in [2.75, 3.05) is 0 Å². The van der Waals surface area contributed by atoms with Crippen molar-refractivity contribution in [3.63, 3.8) is 0 Å². The monoisotopic (exact) mass is 343 g/mol. The number of hydrogen-bond donors (Lipinski definition) is 1. The van der Waals surface area contributed by atoms with Gasteiger partial charge in [0.25, 0.3) is 5.56 Å². The van der Waals surface area contributed by atoms with Crippen LogP contribution in [-0.4, -0.2) is 15.0 Å². The first-order valence-electron chi connectivity index (χ1n) is 6.70. The van der Waals surface area contributed by atoms with E-state index in [1.807, 2.05) is 0 Å². The fraction of sp³-hybridized carbons (Fsp3) is 0.357. The number of fused-ring (bicyclic) bond motifs is 1. The van der Waals surface area contributed by atoms with E-state index in [-0.39, 0.29) is 12.2 Å². The molecule has 3 rings (SSSR count). The Morgan fingerprint density at radius 2 is 2.17 bits per heavy atom. The number of aromatic nitrogens is 3. The maximum absolute atomic E-state index is 12.6. The molecule has 9 heteroatoms. The number of aryl methyl sites for hydroxylation is 1. The number of nitrogens with one attached hydrogen (secondary N) is 1. The zero-order chi connectivity index (χ0) is 16.6. The predicted molar refractivity (Wildman–Crippen MR) is 76.9 cm³/mol. The standard InChI is InChI=1S/C14H12F3N3O2S/c1-7-2-11(14(15,16)17)18-3-8(7)6-23-13-19-10-5-22-4-9(10)12(21)20-13/h2-3H,4-6H2,1H3,(H,19,20,21). The summed E-state index contributed by atoms with van der Waals surface area (Å²) in [5, 5.41) is 0.415. The summed E-state index contributed by atoms with van der Waals surface area (Å²) in [5.74, 6) is 0.361. The van der Waals surface area contributed by atoms with Crippen LogP contribution in [0.25, 0.3) is 0 Å². The Morgan fingerprint density at radius 3 is 2.87 bits per heavy atom. The fourth-order valence-corrected chi connectivity index (χ4v) is 3.08. The van der Waals surface area contributed by atoms with Crippen molar-refractivity contribution in [1.29, 1.82) is 0 Å². The Morgan fingerprint density at radius 1 is 1.39 bits per heavy atom. The molecule has 1 aliphatic heterocycles. The molecular formula is C14H12F3N3O2S. The quantitative estimate of drug-likeness (QED) is 0.686. The summed E-state index contributed by atoms with van der Waals surface area (Å²) in [7, 11) is 0. The maximum Gasteiger partial charge on any atom is 0.433 e. The van der Waals surface area contributed by atoms with Crippen LogP contribution in [-0.2, 0) is 29.9 Å². The summed E-state index contributed by atoms with van der Waals surface area (Å²) < 4.78 is 42.9. The highest BCUT2D eigenvalue weighted by Gasteiger charge is 2.32. The van der Waals surface area contributed by atoms with Gasteiger partial charge in [-0.2, -0.15) is 13.2 Å². The van der Waals surface area contributed by atoms with E-state index in [1.54, 1.807) is 6.92 Å². The Labute approximate surface area is 133 Å². The van der Waals surface area contributed by atoms with Gasteiger partial charge in [-0.15, -0.1) is 0 Å². The van der Waals surface area contributed by atoms with Gasteiger partial charge in [0.05, 0.1) is 24.5 Å². The van der Waals surface area contributed by atoms with E-state index in [0.29, 0.717) is 39.9 Å². The Kier molecular flexibility index (Phi) is 4.15. The van der Waals surface area contributed by atoms with Crippen molar-refractivity contribution in [2.45, 2.75) is 37.2 Å². The van der Waals surface area contributed by atoms with Crippen molar-refractivity contribution < 1.29 is 17.9 Å². The summed E-state index contributed by atoms with van der Waals surface area (Å²) in [6.45, 7) is 2.15. The molecule has 5 nitrogen and oxygen atoms in total. The molecule has 3 heterocycles. The van der Waals surface area contributed by atoms with Gasteiger partial charge in [0.1, 0.15) is 5.69 Å². The lowest BCUT2D eigenvalue weighted by molar-refractivity contribution is -0.141. The number of thioether (sulfide) groups is 1. The topological polar surface area (TPSA) is 67.9 Å². The zero-order valence-electron chi connectivity index (χ0n) is 12.0. The van der Waals surface area contributed by atoms with E-state index in [0.717, 1.165) is 6.07 Å². The van der Waals surface area contributed by atoms with E-state index in [2.05, 4.69) is 15.0 Å². The first-order valence-corrected chi connectivity index (χ1v) is 7.68. The minimum Gasteiger partial charge on any atom is -0.370 e. The van der Waals surface area contributed by atoms with Gasteiger partial charge in [-0.3, -0.25) is 9.78 Å². The first-order chi connectivity index (χ1) is 10.8. The third-order valence-corrected chi connectivity index (χ3v) is 4.36. The van der Waals surface area contributed by atoms with Gasteiger partial charge in [-0.1, -0.05) is 11.8 Å². The number of aromatic amines is 1. The third kappa shape index (κ3) is 3.40. The van der Waals surface area contributed by atoms with Crippen molar-refractivity contribution in [2.24, 2.45) is 0 Å². The minimum absolute atomic E-state index is 0.239. The lowest BCUT2D eigenvalue weighted by Gasteiger charge is -2.10. The molecule has 0 radical (unpaired) electrons. The van der Waals surface area contributed by atoms with Crippen LogP contribution >= 0.6 is 11.8 Å². The van der Waals surface area contributed by atoms with E-state index < -0.39 is 11.9 Å². The van der Waals surface area contributed by atoms with Crippen molar-refractivity contribution in [3.05, 3.63) is 50.7 Å². The molecule has 122 valence electrons. The SMILES string of the molecule is Cc1cc(C(F)(F)F)ncc1CSc1nc2c(c(=O)[nH]1)COC2. The molecule has 0 saturated carbocycles. The number of ether oxygens (including phenoxy) is 1. The normalized spacial score (nSPS) is 14.1. The number of hydrogen-bond acceptors (Lipinski definition) is 5. The Balaban J connectivity index is 1.76. The van der Waals surface area contributed by atoms with E-state index in [9.17, 15) is 18.0 Å². The van der Waals surface area contributed by atoms with Gasteiger partial charge in [0.15, 0.2) is 5.16 Å². The largest absolute Gasteiger partial charge is 0.433 e. The molecule has 2 aromatic heterocycles. The highest BCUT2D eigenvalue weighted by atomic mass is 32.2. The van der Waals surface area contributed by atoms with Crippen molar-refractivity contribution in [3.8, 4) is 0 Å². The van der Waals surface area contributed by atoms with Crippen LogP contribution < -0.4 is 5.56 Å². The molecule has 2 aromatic rings. The molecule has 0 amide bonds. The number of rotatable bonds is 3. The van der Waals surface area contributed by atoms with Crippen LogP contribution in [0.4, 0.5) is 13.2 Å². The average molecular weight is 343 g/mol. The summed E-state index contributed by atoms with van der Waals surface area (Å²) in [5.41, 5.74) is 1.14. The van der Waals surface area contributed by atoms with Crippen LogP contribution in [0.3, 0.4) is 0 Å². The summed E-state index contributed by atoms with van der Waals surface area (Å²) in [6, 6.07) is 1.02. The summed E-state index contributed by atoms with van der Waals surface area (Å²) in [4.78, 5) is 22.2. The molecule has 0 saturated heterocycles. The molecule has 1 aliphatic rings. The molecule has 0 spiro atoms.